The van der Waals surface area contributed by atoms with E-state index in [4.69, 9.17) is 0 Å². The molecule has 3 nitrogen and oxygen atoms in total. The first-order chi connectivity index (χ1) is 7.83. The van der Waals surface area contributed by atoms with Gasteiger partial charge in [-0.15, -0.1) is 0 Å². The summed E-state index contributed by atoms with van der Waals surface area (Å²) >= 11 is 0. The van der Waals surface area contributed by atoms with Crippen molar-refractivity contribution in [3.8, 4) is 0 Å². The first-order valence-corrected chi connectivity index (χ1v) is 8.09. The van der Waals surface area contributed by atoms with Crippen LogP contribution in [0.15, 0.2) is 11.6 Å². The van der Waals surface area contributed by atoms with Crippen LogP contribution in [0.3, 0.4) is 0 Å². The van der Waals surface area contributed by atoms with Gasteiger partial charge in [-0.2, -0.15) is 0 Å². The molecule has 0 aromatic heterocycles. The monoisotopic (exact) mass is 259 g/mol. The Labute approximate surface area is 106 Å². The molecule has 0 saturated carbocycles. The van der Waals surface area contributed by atoms with Gasteiger partial charge in [-0.05, 0) is 53.0 Å². The van der Waals surface area contributed by atoms with Gasteiger partial charge in [0, 0.05) is 6.54 Å². The summed E-state index contributed by atoms with van der Waals surface area (Å²) in [5.41, 5.74) is 1.52. The van der Waals surface area contributed by atoms with E-state index in [2.05, 4.69) is 11.4 Å². The van der Waals surface area contributed by atoms with Gasteiger partial charge in [0.15, 0.2) is 9.84 Å². The average Bonchev–Trinajstić information content (AvgIpc) is 2.68. The number of hydrogen-bond donors (Lipinski definition) is 1. The number of allylic oxidation sites excluding steroid dienone is 1. The molecular weight excluding hydrogens is 234 g/mol. The summed E-state index contributed by atoms with van der Waals surface area (Å²) in [6.45, 7) is 6.72. The van der Waals surface area contributed by atoms with Crippen molar-refractivity contribution < 1.29 is 8.42 Å². The van der Waals surface area contributed by atoms with Gasteiger partial charge in [0.05, 0.1) is 10.5 Å². The van der Waals surface area contributed by atoms with Gasteiger partial charge in [-0.1, -0.05) is 11.6 Å². The van der Waals surface area contributed by atoms with E-state index < -0.39 is 14.6 Å². The molecule has 100 valence electrons. The van der Waals surface area contributed by atoms with Crippen LogP contribution in [0.4, 0.5) is 0 Å². The van der Waals surface area contributed by atoms with Crippen molar-refractivity contribution in [1.82, 2.24) is 5.32 Å². The molecular formula is C13H25NO2S. The van der Waals surface area contributed by atoms with Crippen LogP contribution in [0.5, 0.6) is 0 Å². The highest BCUT2D eigenvalue weighted by atomic mass is 32.2. The molecule has 0 radical (unpaired) electrons. The zero-order valence-corrected chi connectivity index (χ0v) is 12.1. The Bertz CT molecular complexity index is 363. The van der Waals surface area contributed by atoms with Crippen molar-refractivity contribution in [2.24, 2.45) is 0 Å². The molecule has 0 aliphatic heterocycles. The molecule has 0 saturated heterocycles. The Kier molecular flexibility index (Phi) is 5.20. The molecule has 0 atom stereocenters. The Morgan fingerprint density at radius 1 is 1.29 bits per heavy atom. The van der Waals surface area contributed by atoms with Crippen LogP contribution in [0.25, 0.3) is 0 Å². The second-order valence-electron chi connectivity index (χ2n) is 5.69. The van der Waals surface area contributed by atoms with E-state index in [1.165, 1.54) is 24.8 Å². The standard InChI is InChI=1S/C13H25NO2S/c1-13(2,3)17(15,16)11-10-14-9-8-12-6-4-5-7-12/h6,14H,4-5,7-11H2,1-3H3. The van der Waals surface area contributed by atoms with E-state index in [0.29, 0.717) is 6.54 Å². The lowest BCUT2D eigenvalue weighted by Crippen LogP contribution is -2.34. The molecule has 0 amide bonds. The summed E-state index contributed by atoms with van der Waals surface area (Å²) in [6, 6.07) is 0. The van der Waals surface area contributed by atoms with Gasteiger partial charge in [0.1, 0.15) is 0 Å². The lowest BCUT2D eigenvalue weighted by atomic mass is 10.2. The number of sulfone groups is 1. The summed E-state index contributed by atoms with van der Waals surface area (Å²) in [5, 5.41) is 3.22. The predicted molar refractivity (Wildman–Crippen MR) is 73.0 cm³/mol. The molecule has 0 spiro atoms. The highest BCUT2D eigenvalue weighted by molar-refractivity contribution is 7.92. The first-order valence-electron chi connectivity index (χ1n) is 6.44. The van der Waals surface area contributed by atoms with E-state index in [-0.39, 0.29) is 5.75 Å². The smallest absolute Gasteiger partial charge is 0.156 e. The third kappa shape index (κ3) is 4.80. The van der Waals surface area contributed by atoms with Crippen molar-refractivity contribution in [1.29, 1.82) is 0 Å². The minimum Gasteiger partial charge on any atom is -0.315 e. The summed E-state index contributed by atoms with van der Waals surface area (Å²) < 4.78 is 23.0. The van der Waals surface area contributed by atoms with Crippen LogP contribution in [0.1, 0.15) is 46.5 Å². The molecule has 4 heteroatoms. The van der Waals surface area contributed by atoms with Gasteiger partial charge >= 0.3 is 0 Å². The Hall–Kier alpha value is -0.350. The summed E-state index contributed by atoms with van der Waals surface area (Å²) in [5.74, 6) is 0.232. The Morgan fingerprint density at radius 2 is 2.00 bits per heavy atom. The lowest BCUT2D eigenvalue weighted by molar-refractivity contribution is 0.556. The molecule has 0 aromatic carbocycles. The normalized spacial score (nSPS) is 17.2. The minimum absolute atomic E-state index is 0.232. The van der Waals surface area contributed by atoms with Crippen LogP contribution in [0.2, 0.25) is 0 Å². The fraction of sp³-hybridized carbons (Fsp3) is 0.846. The molecule has 1 aliphatic carbocycles. The zero-order chi connectivity index (χ0) is 12.9. The van der Waals surface area contributed by atoms with E-state index in [0.717, 1.165) is 13.0 Å². The molecule has 0 aromatic rings. The van der Waals surface area contributed by atoms with E-state index in [1.54, 1.807) is 20.8 Å². The van der Waals surface area contributed by atoms with Gasteiger partial charge in [0.2, 0.25) is 0 Å². The molecule has 0 bridgehead atoms. The zero-order valence-electron chi connectivity index (χ0n) is 11.3. The summed E-state index contributed by atoms with van der Waals surface area (Å²) in [4.78, 5) is 0. The number of nitrogens with one attached hydrogen (secondary N) is 1. The van der Waals surface area contributed by atoms with Gasteiger partial charge < -0.3 is 5.32 Å². The third-order valence-corrected chi connectivity index (χ3v) is 5.85. The topological polar surface area (TPSA) is 46.2 Å². The Morgan fingerprint density at radius 3 is 2.53 bits per heavy atom. The van der Waals surface area contributed by atoms with Crippen molar-refractivity contribution in [3.63, 3.8) is 0 Å². The van der Waals surface area contributed by atoms with Gasteiger partial charge in [0.25, 0.3) is 0 Å². The molecule has 1 rings (SSSR count). The lowest BCUT2D eigenvalue weighted by Gasteiger charge is -2.19. The van der Waals surface area contributed by atoms with Crippen LogP contribution in [0, 0.1) is 0 Å². The van der Waals surface area contributed by atoms with Crippen LogP contribution >= 0.6 is 0 Å². The summed E-state index contributed by atoms with van der Waals surface area (Å²) in [7, 11) is -2.97. The maximum absolute atomic E-state index is 11.8. The van der Waals surface area contributed by atoms with Crippen molar-refractivity contribution in [3.05, 3.63) is 11.6 Å². The predicted octanol–water partition coefficient (Wildman–Crippen LogP) is 2.29. The maximum atomic E-state index is 11.8. The van der Waals surface area contributed by atoms with Gasteiger partial charge in [-0.25, -0.2) is 8.42 Å². The van der Waals surface area contributed by atoms with E-state index >= 15 is 0 Å². The highest BCUT2D eigenvalue weighted by Gasteiger charge is 2.27. The van der Waals surface area contributed by atoms with E-state index in [9.17, 15) is 8.42 Å². The van der Waals surface area contributed by atoms with Crippen LogP contribution in [-0.4, -0.2) is 32.0 Å². The van der Waals surface area contributed by atoms with Crippen molar-refractivity contribution in [2.75, 3.05) is 18.8 Å². The quantitative estimate of drug-likeness (QED) is 0.588. The first kappa shape index (κ1) is 14.7. The number of hydrogen-bond acceptors (Lipinski definition) is 3. The third-order valence-electron chi connectivity index (χ3n) is 3.24. The number of rotatable bonds is 6. The molecule has 1 N–H and O–H groups in total. The molecule has 0 fully saturated rings. The largest absolute Gasteiger partial charge is 0.315 e. The fourth-order valence-electron chi connectivity index (χ4n) is 1.85. The molecule has 0 heterocycles. The van der Waals surface area contributed by atoms with Crippen molar-refractivity contribution in [2.45, 2.75) is 51.2 Å². The molecule has 0 unspecified atom stereocenters. The Balaban J connectivity index is 2.16. The van der Waals surface area contributed by atoms with E-state index in [1.807, 2.05) is 0 Å². The second kappa shape index (κ2) is 6.01. The van der Waals surface area contributed by atoms with Crippen molar-refractivity contribution >= 4 is 9.84 Å². The van der Waals surface area contributed by atoms with Crippen LogP contribution < -0.4 is 5.32 Å². The average molecular weight is 259 g/mol. The minimum atomic E-state index is -2.97. The summed E-state index contributed by atoms with van der Waals surface area (Å²) in [6.07, 6.45) is 7.10. The molecule has 17 heavy (non-hydrogen) atoms. The van der Waals surface area contributed by atoms with Gasteiger partial charge in [-0.3, -0.25) is 0 Å². The maximum Gasteiger partial charge on any atom is 0.156 e. The highest BCUT2D eigenvalue weighted by Crippen LogP contribution is 2.19. The fourth-order valence-corrected chi connectivity index (χ4v) is 2.88. The SMILES string of the molecule is CC(C)(C)S(=O)(=O)CCNCCC1=CCCC1. The molecule has 1 aliphatic rings. The van der Waals surface area contributed by atoms with Crippen LogP contribution in [-0.2, 0) is 9.84 Å². The second-order valence-corrected chi connectivity index (χ2v) is 8.55.